The number of benzene rings is 1. The molecule has 0 aliphatic rings. The largest absolute Gasteiger partial charge is 0.497 e. The molecule has 1 aromatic heterocycles. The first-order chi connectivity index (χ1) is 14.7. The molecule has 166 valence electrons. The third-order valence-corrected chi connectivity index (χ3v) is 4.53. The van der Waals surface area contributed by atoms with Crippen LogP contribution in [0.3, 0.4) is 0 Å². The minimum absolute atomic E-state index is 0.0270. The fourth-order valence-electron chi connectivity index (χ4n) is 2.59. The van der Waals surface area contributed by atoms with Crippen molar-refractivity contribution in [1.82, 2.24) is 10.3 Å². The molecule has 1 aromatic carbocycles. The summed E-state index contributed by atoms with van der Waals surface area (Å²) in [6.45, 7) is 6.15. The molecule has 0 saturated carbocycles. The van der Waals surface area contributed by atoms with Gasteiger partial charge in [-0.1, -0.05) is 26.8 Å². The maximum absolute atomic E-state index is 12.3. The Kier molecular flexibility index (Phi) is 8.69. The number of carbonyl (C=O) groups excluding carboxylic acids is 1. The van der Waals surface area contributed by atoms with Gasteiger partial charge in [0.2, 0.25) is 0 Å². The summed E-state index contributed by atoms with van der Waals surface area (Å²) in [7, 11) is 1.59. The Morgan fingerprint density at radius 2 is 2.03 bits per heavy atom. The third kappa shape index (κ3) is 8.18. The van der Waals surface area contributed by atoms with Gasteiger partial charge in [0.1, 0.15) is 5.75 Å². The van der Waals surface area contributed by atoms with Gasteiger partial charge >= 0.3 is 6.03 Å². The predicted molar refractivity (Wildman–Crippen MR) is 124 cm³/mol. The van der Waals surface area contributed by atoms with Crippen molar-refractivity contribution in [3.05, 3.63) is 48.3 Å². The van der Waals surface area contributed by atoms with E-state index in [0.717, 1.165) is 5.69 Å². The fourth-order valence-corrected chi connectivity index (χ4v) is 2.59. The first-order valence-electron chi connectivity index (χ1n) is 10.1. The number of nitrogens with zero attached hydrogens (tertiary/aromatic N) is 2. The van der Waals surface area contributed by atoms with Crippen LogP contribution in [0.15, 0.2) is 47.6 Å². The number of carbonyl (C=O) groups is 1. The van der Waals surface area contributed by atoms with Crippen molar-refractivity contribution in [3.63, 3.8) is 0 Å². The Morgan fingerprint density at radius 1 is 1.26 bits per heavy atom. The van der Waals surface area contributed by atoms with E-state index >= 15 is 0 Å². The number of pyridine rings is 1. The first kappa shape index (κ1) is 24.0. The summed E-state index contributed by atoms with van der Waals surface area (Å²) < 4.78 is 5.25. The molecular formula is C23H31N5O3. The maximum atomic E-state index is 12.3. The zero-order valence-corrected chi connectivity index (χ0v) is 18.5. The van der Waals surface area contributed by atoms with Gasteiger partial charge in [-0.25, -0.2) is 4.79 Å². The highest BCUT2D eigenvalue weighted by Gasteiger charge is 2.19. The Hall–Kier alpha value is -3.26. The maximum Gasteiger partial charge on any atom is 0.319 e. The van der Waals surface area contributed by atoms with E-state index in [2.05, 4.69) is 20.6 Å². The van der Waals surface area contributed by atoms with Crippen LogP contribution in [0.2, 0.25) is 0 Å². The van der Waals surface area contributed by atoms with E-state index < -0.39 is 6.03 Å². The molecule has 0 unspecified atom stereocenters. The van der Waals surface area contributed by atoms with Crippen LogP contribution in [0.5, 0.6) is 5.75 Å². The van der Waals surface area contributed by atoms with Gasteiger partial charge < -0.3 is 25.9 Å². The molecular weight excluding hydrogens is 394 g/mol. The summed E-state index contributed by atoms with van der Waals surface area (Å²) in [4.78, 5) is 21.2. The van der Waals surface area contributed by atoms with E-state index in [1.54, 1.807) is 31.5 Å². The van der Waals surface area contributed by atoms with E-state index in [1.165, 1.54) is 0 Å². The van der Waals surface area contributed by atoms with Crippen LogP contribution in [-0.2, 0) is 6.42 Å². The molecule has 0 radical (unpaired) electrons. The molecule has 0 aliphatic heterocycles. The Balaban J connectivity index is 2.08. The number of aliphatic hydroxyl groups is 1. The van der Waals surface area contributed by atoms with Crippen LogP contribution in [0.1, 0.15) is 32.9 Å². The van der Waals surface area contributed by atoms with Crippen molar-refractivity contribution < 1.29 is 14.6 Å². The molecule has 0 bridgehead atoms. The standard InChI is InChI=1S/C23H31N5O3/c1-23(2,3)21(24)13-19(27-17-6-5-7-20(12-17)31-4)15-26-22(30)28-18-9-8-16(10-11-29)25-14-18/h5-9,12,14,24,29H,10-11,13,15H2,1-4H3,(H2,26,28,30). The SMILES string of the molecule is COc1cccc(N=C(CNC(=O)Nc2ccc(CCO)nc2)CC(=N)C(C)(C)C)c1. The number of nitrogens with one attached hydrogen (secondary N) is 3. The molecule has 4 N–H and O–H groups in total. The molecule has 2 aromatic rings. The second-order valence-corrected chi connectivity index (χ2v) is 8.10. The summed E-state index contributed by atoms with van der Waals surface area (Å²) in [5.41, 5.74) is 2.90. The predicted octanol–water partition coefficient (Wildman–Crippen LogP) is 3.98. The number of methoxy groups -OCH3 is 1. The smallest absolute Gasteiger partial charge is 0.319 e. The Morgan fingerprint density at radius 3 is 2.65 bits per heavy atom. The number of aliphatic imine (C=N–C) groups is 1. The summed E-state index contributed by atoms with van der Waals surface area (Å²) in [6, 6.07) is 10.4. The lowest BCUT2D eigenvalue weighted by Crippen LogP contribution is -2.35. The van der Waals surface area contributed by atoms with Crippen LogP contribution in [0.4, 0.5) is 16.2 Å². The van der Waals surface area contributed by atoms with E-state index in [-0.39, 0.29) is 18.6 Å². The number of urea groups is 1. The van der Waals surface area contributed by atoms with Crippen molar-refractivity contribution in [3.8, 4) is 5.75 Å². The molecule has 2 amide bonds. The highest BCUT2D eigenvalue weighted by molar-refractivity contribution is 6.07. The fraction of sp³-hybridized carbons (Fsp3) is 0.391. The van der Waals surface area contributed by atoms with Gasteiger partial charge in [0, 0.05) is 42.6 Å². The second-order valence-electron chi connectivity index (χ2n) is 8.10. The highest BCUT2D eigenvalue weighted by Crippen LogP contribution is 2.22. The van der Waals surface area contributed by atoms with Gasteiger partial charge in [0.25, 0.3) is 0 Å². The summed E-state index contributed by atoms with van der Waals surface area (Å²) >= 11 is 0. The first-order valence-corrected chi connectivity index (χ1v) is 10.1. The van der Waals surface area contributed by atoms with Crippen LogP contribution in [-0.4, -0.2) is 47.8 Å². The molecule has 0 fully saturated rings. The number of amides is 2. The van der Waals surface area contributed by atoms with Crippen molar-refractivity contribution >= 4 is 28.8 Å². The number of rotatable bonds is 9. The quantitative estimate of drug-likeness (QED) is 0.454. The summed E-state index contributed by atoms with van der Waals surface area (Å²) in [6.07, 6.45) is 2.36. The average Bonchev–Trinajstić information content (AvgIpc) is 2.73. The van der Waals surface area contributed by atoms with E-state index in [0.29, 0.717) is 41.4 Å². The van der Waals surface area contributed by atoms with Crippen LogP contribution in [0, 0.1) is 10.8 Å². The highest BCUT2D eigenvalue weighted by atomic mass is 16.5. The van der Waals surface area contributed by atoms with Crippen molar-refractivity contribution in [1.29, 1.82) is 5.41 Å². The van der Waals surface area contributed by atoms with Gasteiger partial charge in [-0.3, -0.25) is 9.98 Å². The third-order valence-electron chi connectivity index (χ3n) is 4.53. The number of aromatic nitrogens is 1. The molecule has 31 heavy (non-hydrogen) atoms. The van der Waals surface area contributed by atoms with Crippen LogP contribution >= 0.6 is 0 Å². The zero-order chi connectivity index (χ0) is 22.9. The normalized spacial score (nSPS) is 11.7. The molecule has 8 heteroatoms. The number of hydrogen-bond donors (Lipinski definition) is 4. The van der Waals surface area contributed by atoms with Gasteiger partial charge in [-0.15, -0.1) is 0 Å². The van der Waals surface area contributed by atoms with Crippen LogP contribution in [0.25, 0.3) is 0 Å². The lowest BCUT2D eigenvalue weighted by molar-refractivity contribution is 0.253. The van der Waals surface area contributed by atoms with Gasteiger partial charge in [0.05, 0.1) is 31.2 Å². The summed E-state index contributed by atoms with van der Waals surface area (Å²) in [5.74, 6) is 0.689. The average molecular weight is 426 g/mol. The Bertz CT molecular complexity index is 918. The number of anilines is 1. The second kappa shape index (κ2) is 11.2. The van der Waals surface area contributed by atoms with Crippen molar-refractivity contribution in [2.24, 2.45) is 10.4 Å². The van der Waals surface area contributed by atoms with Gasteiger partial charge in [-0.05, 0) is 29.7 Å². The van der Waals surface area contributed by atoms with E-state index in [1.807, 2.05) is 39.0 Å². The summed E-state index contributed by atoms with van der Waals surface area (Å²) in [5, 5.41) is 22.9. The molecule has 0 atom stereocenters. The van der Waals surface area contributed by atoms with E-state index in [4.69, 9.17) is 15.3 Å². The number of ether oxygens (including phenoxy) is 1. The number of aliphatic hydroxyl groups excluding tert-OH is 1. The van der Waals surface area contributed by atoms with Gasteiger partial charge in [0.15, 0.2) is 0 Å². The molecule has 0 spiro atoms. The minimum Gasteiger partial charge on any atom is -0.497 e. The lowest BCUT2D eigenvalue weighted by Gasteiger charge is -2.21. The molecule has 1 heterocycles. The number of hydrogen-bond acceptors (Lipinski definition) is 6. The molecule has 0 aliphatic carbocycles. The molecule has 0 saturated heterocycles. The van der Waals surface area contributed by atoms with E-state index in [9.17, 15) is 4.79 Å². The van der Waals surface area contributed by atoms with Crippen LogP contribution < -0.4 is 15.4 Å². The van der Waals surface area contributed by atoms with Crippen molar-refractivity contribution in [2.75, 3.05) is 25.6 Å². The van der Waals surface area contributed by atoms with Gasteiger partial charge in [-0.2, -0.15) is 0 Å². The monoisotopic (exact) mass is 425 g/mol. The van der Waals surface area contributed by atoms with Crippen molar-refractivity contribution in [2.45, 2.75) is 33.6 Å². The topological polar surface area (TPSA) is 120 Å². The zero-order valence-electron chi connectivity index (χ0n) is 18.5. The minimum atomic E-state index is -0.391. The Labute approximate surface area is 183 Å². The molecule has 2 rings (SSSR count). The molecule has 8 nitrogen and oxygen atoms in total. The lowest BCUT2D eigenvalue weighted by atomic mass is 9.87.